The van der Waals surface area contributed by atoms with E-state index in [2.05, 4.69) is 15.4 Å². The molecular weight excluding hydrogens is 382 g/mol. The maximum Gasteiger partial charge on any atom is 0.327 e. The van der Waals surface area contributed by atoms with Crippen molar-refractivity contribution in [1.29, 1.82) is 0 Å². The summed E-state index contributed by atoms with van der Waals surface area (Å²) in [4.78, 5) is 42.4. The number of hydrogen-bond donors (Lipinski definition) is 2. The van der Waals surface area contributed by atoms with Gasteiger partial charge in [0, 0.05) is 10.9 Å². The fraction of sp³-hybridized carbons (Fsp3) is 0.389. The van der Waals surface area contributed by atoms with Crippen LogP contribution in [0.15, 0.2) is 30.6 Å². The van der Waals surface area contributed by atoms with Gasteiger partial charge < -0.3 is 15.3 Å². The Kier molecular flexibility index (Phi) is 4.18. The van der Waals surface area contributed by atoms with Crippen molar-refractivity contribution in [2.45, 2.75) is 43.0 Å². The highest BCUT2D eigenvalue weighted by atomic mass is 32.2. The number of thioether (sulfide) groups is 1. The standard InChI is InChI=1S/C18H19N5O4S/c1-9-10(8-20-23(9)11-6-4-5-7-19-11)14(24)21-12-15(25)22-13(17(26)27)18(2,3)28-16(12)22/h4-8,12-13,16H,1-3H3,(H,21,24)(H,26,27)/t12-,13+,16-/m1/s1. The molecule has 146 valence electrons. The molecule has 2 fully saturated rings. The van der Waals surface area contributed by atoms with E-state index >= 15 is 0 Å². The highest BCUT2D eigenvalue weighted by molar-refractivity contribution is 8.01. The molecule has 2 aliphatic rings. The number of hydrogen-bond acceptors (Lipinski definition) is 6. The summed E-state index contributed by atoms with van der Waals surface area (Å²) in [6.45, 7) is 5.34. The number of β-lactam (4-membered cyclic amide) rings is 1. The predicted molar refractivity (Wildman–Crippen MR) is 101 cm³/mol. The van der Waals surface area contributed by atoms with Crippen LogP contribution in [0.25, 0.3) is 5.82 Å². The van der Waals surface area contributed by atoms with Gasteiger partial charge in [0.05, 0.1) is 17.5 Å². The number of amides is 2. The van der Waals surface area contributed by atoms with Gasteiger partial charge in [0.2, 0.25) is 5.91 Å². The Labute approximate surface area is 165 Å². The van der Waals surface area contributed by atoms with Gasteiger partial charge in [0.25, 0.3) is 5.91 Å². The number of aliphatic carboxylic acids is 1. The third kappa shape index (κ3) is 2.67. The highest BCUT2D eigenvalue weighted by Crippen LogP contribution is 2.50. The third-order valence-electron chi connectivity index (χ3n) is 5.08. The number of nitrogens with zero attached hydrogens (tertiary/aromatic N) is 4. The normalized spacial score (nSPS) is 25.2. The lowest BCUT2D eigenvalue weighted by Crippen LogP contribution is -2.70. The van der Waals surface area contributed by atoms with Crippen LogP contribution in [-0.2, 0) is 9.59 Å². The molecule has 2 aromatic rings. The van der Waals surface area contributed by atoms with Crippen molar-refractivity contribution >= 4 is 29.5 Å². The minimum atomic E-state index is -1.04. The Morgan fingerprint density at radius 1 is 1.32 bits per heavy atom. The van der Waals surface area contributed by atoms with Crippen molar-refractivity contribution in [2.24, 2.45) is 0 Å². The van der Waals surface area contributed by atoms with Crippen molar-refractivity contribution in [2.75, 3.05) is 0 Å². The number of rotatable bonds is 4. The maximum absolute atomic E-state index is 12.7. The van der Waals surface area contributed by atoms with Crippen LogP contribution in [0.5, 0.6) is 0 Å². The van der Waals surface area contributed by atoms with Gasteiger partial charge in [0.15, 0.2) is 5.82 Å². The lowest BCUT2D eigenvalue weighted by Gasteiger charge is -2.43. The Balaban J connectivity index is 1.53. The number of aromatic nitrogens is 3. The van der Waals surface area contributed by atoms with E-state index in [1.54, 1.807) is 43.8 Å². The molecule has 2 aliphatic heterocycles. The minimum absolute atomic E-state index is 0.342. The third-order valence-corrected chi connectivity index (χ3v) is 6.65. The monoisotopic (exact) mass is 401 g/mol. The number of pyridine rings is 1. The summed E-state index contributed by atoms with van der Waals surface area (Å²) in [7, 11) is 0. The summed E-state index contributed by atoms with van der Waals surface area (Å²) in [5.74, 6) is -1.25. The zero-order chi connectivity index (χ0) is 20.2. The van der Waals surface area contributed by atoms with E-state index < -0.39 is 34.1 Å². The summed E-state index contributed by atoms with van der Waals surface area (Å²) < 4.78 is 0.920. The zero-order valence-electron chi connectivity index (χ0n) is 15.5. The molecule has 0 unspecified atom stereocenters. The van der Waals surface area contributed by atoms with Crippen LogP contribution in [0, 0.1) is 6.92 Å². The Bertz CT molecular complexity index is 974. The molecule has 0 spiro atoms. The molecule has 0 aromatic carbocycles. The fourth-order valence-corrected chi connectivity index (χ4v) is 5.33. The molecule has 0 bridgehead atoms. The molecular formula is C18H19N5O4S. The number of carboxylic acid groups (broad SMARTS) is 1. The average Bonchev–Trinajstić information content (AvgIpc) is 3.15. The Hall–Kier alpha value is -2.88. The molecule has 28 heavy (non-hydrogen) atoms. The number of fused-ring (bicyclic) bond motifs is 1. The molecule has 9 nitrogen and oxygen atoms in total. The van der Waals surface area contributed by atoms with E-state index in [9.17, 15) is 19.5 Å². The van der Waals surface area contributed by atoms with Crippen molar-refractivity contribution in [3.05, 3.63) is 41.9 Å². The number of carboxylic acids is 1. The first-order chi connectivity index (χ1) is 13.2. The van der Waals surface area contributed by atoms with Crippen LogP contribution in [0.1, 0.15) is 29.9 Å². The molecule has 0 saturated carbocycles. The quantitative estimate of drug-likeness (QED) is 0.729. The van der Waals surface area contributed by atoms with Crippen LogP contribution in [-0.4, -0.2) is 64.8 Å². The summed E-state index contributed by atoms with van der Waals surface area (Å²) in [5.41, 5.74) is 0.941. The SMILES string of the molecule is Cc1c(C(=O)N[C@@H]2C(=O)N3[C@@H]2SC(C)(C)[C@@H]3C(=O)O)cnn1-c1ccccn1. The van der Waals surface area contributed by atoms with Crippen molar-refractivity contribution in [1.82, 2.24) is 25.0 Å². The summed E-state index contributed by atoms with van der Waals surface area (Å²) in [6.07, 6.45) is 3.07. The van der Waals surface area contributed by atoms with Crippen LogP contribution >= 0.6 is 11.8 Å². The first kappa shape index (κ1) is 18.5. The molecule has 3 atom stereocenters. The molecule has 4 heterocycles. The van der Waals surface area contributed by atoms with Gasteiger partial charge in [-0.2, -0.15) is 5.10 Å². The molecule has 10 heteroatoms. The zero-order valence-corrected chi connectivity index (χ0v) is 16.3. The lowest BCUT2D eigenvalue weighted by atomic mass is 9.96. The van der Waals surface area contributed by atoms with Gasteiger partial charge >= 0.3 is 5.97 Å². The molecule has 2 saturated heterocycles. The molecule has 2 amide bonds. The van der Waals surface area contributed by atoms with Crippen LogP contribution in [0.4, 0.5) is 0 Å². The van der Waals surface area contributed by atoms with Gasteiger partial charge in [-0.1, -0.05) is 6.07 Å². The Morgan fingerprint density at radius 2 is 2.07 bits per heavy atom. The lowest BCUT2D eigenvalue weighted by molar-refractivity contribution is -0.159. The summed E-state index contributed by atoms with van der Waals surface area (Å²) in [6, 6.07) is 3.73. The predicted octanol–water partition coefficient (Wildman–Crippen LogP) is 0.821. The fourth-order valence-electron chi connectivity index (χ4n) is 3.71. The molecule has 4 rings (SSSR count). The van der Waals surface area contributed by atoms with Gasteiger partial charge in [0.1, 0.15) is 17.5 Å². The van der Waals surface area contributed by atoms with Gasteiger partial charge in [-0.05, 0) is 32.9 Å². The second-order valence-electron chi connectivity index (χ2n) is 7.29. The largest absolute Gasteiger partial charge is 0.480 e. The van der Waals surface area contributed by atoms with E-state index in [1.165, 1.54) is 22.9 Å². The highest BCUT2D eigenvalue weighted by Gasteiger charge is 2.64. The molecule has 2 aromatic heterocycles. The minimum Gasteiger partial charge on any atom is -0.480 e. The van der Waals surface area contributed by atoms with Crippen molar-refractivity contribution in [3.63, 3.8) is 0 Å². The number of carbonyl (C=O) groups is 3. The van der Waals surface area contributed by atoms with E-state index in [-0.39, 0.29) is 5.91 Å². The van der Waals surface area contributed by atoms with Crippen LogP contribution in [0.2, 0.25) is 0 Å². The van der Waals surface area contributed by atoms with E-state index in [0.717, 1.165) is 0 Å². The van der Waals surface area contributed by atoms with Crippen LogP contribution < -0.4 is 5.32 Å². The first-order valence-corrected chi connectivity index (χ1v) is 9.60. The van der Waals surface area contributed by atoms with Crippen molar-refractivity contribution < 1.29 is 19.5 Å². The second-order valence-corrected chi connectivity index (χ2v) is 9.06. The smallest absolute Gasteiger partial charge is 0.327 e. The van der Waals surface area contributed by atoms with E-state index in [1.807, 2.05) is 6.07 Å². The van der Waals surface area contributed by atoms with E-state index in [4.69, 9.17) is 0 Å². The number of nitrogens with one attached hydrogen (secondary N) is 1. The first-order valence-electron chi connectivity index (χ1n) is 8.72. The average molecular weight is 401 g/mol. The summed E-state index contributed by atoms with van der Waals surface area (Å²) >= 11 is 1.39. The number of carbonyl (C=O) groups excluding carboxylic acids is 2. The molecule has 0 radical (unpaired) electrons. The van der Waals surface area contributed by atoms with Gasteiger partial charge in [-0.15, -0.1) is 11.8 Å². The Morgan fingerprint density at radius 3 is 2.71 bits per heavy atom. The van der Waals surface area contributed by atoms with Gasteiger partial charge in [-0.3, -0.25) is 9.59 Å². The van der Waals surface area contributed by atoms with E-state index in [0.29, 0.717) is 17.1 Å². The molecule has 0 aliphatic carbocycles. The maximum atomic E-state index is 12.7. The summed E-state index contributed by atoms with van der Waals surface area (Å²) in [5, 5.41) is 16.0. The molecule has 2 N–H and O–H groups in total. The van der Waals surface area contributed by atoms with Crippen LogP contribution in [0.3, 0.4) is 0 Å². The second kappa shape index (κ2) is 6.33. The van der Waals surface area contributed by atoms with Gasteiger partial charge in [-0.25, -0.2) is 14.5 Å². The topological polar surface area (TPSA) is 117 Å². The van der Waals surface area contributed by atoms with Crippen molar-refractivity contribution in [3.8, 4) is 5.82 Å².